The van der Waals surface area contributed by atoms with Crippen LogP contribution in [-0.4, -0.2) is 55.4 Å². The lowest BCUT2D eigenvalue weighted by molar-refractivity contribution is 0.0257. The van der Waals surface area contributed by atoms with Crippen molar-refractivity contribution in [1.29, 1.82) is 0 Å². The Hall–Kier alpha value is -3.82. The molecule has 36 heavy (non-hydrogen) atoms. The van der Waals surface area contributed by atoms with E-state index in [0.717, 1.165) is 47.8 Å². The molecule has 186 valence electrons. The lowest BCUT2D eigenvalue weighted by Crippen LogP contribution is -2.25. The van der Waals surface area contributed by atoms with Crippen molar-refractivity contribution >= 4 is 5.69 Å². The van der Waals surface area contributed by atoms with Gasteiger partial charge in [0.05, 0.1) is 25.7 Å². The van der Waals surface area contributed by atoms with E-state index < -0.39 is 5.92 Å². The summed E-state index contributed by atoms with van der Waals surface area (Å²) in [6.45, 7) is 2.84. The quantitative estimate of drug-likeness (QED) is 0.406. The number of aryl methyl sites for hydroxylation is 2. The fraction of sp³-hybridized carbons (Fsp3) is 0.385. The zero-order chi connectivity index (χ0) is 24.9. The van der Waals surface area contributed by atoms with Crippen molar-refractivity contribution in [3.8, 4) is 23.1 Å². The number of imidazole rings is 1. The number of pyridine rings is 1. The zero-order valence-corrected chi connectivity index (χ0v) is 20.2. The minimum absolute atomic E-state index is 0.0400. The molecule has 6 rings (SSSR count). The highest BCUT2D eigenvalue weighted by atomic mass is 19.3. The van der Waals surface area contributed by atoms with Gasteiger partial charge in [-0.2, -0.15) is 0 Å². The fourth-order valence-corrected chi connectivity index (χ4v) is 5.13. The van der Waals surface area contributed by atoms with E-state index in [2.05, 4.69) is 16.0 Å². The van der Waals surface area contributed by atoms with Gasteiger partial charge in [0, 0.05) is 37.3 Å². The molecule has 1 atom stereocenters. The predicted octanol–water partition coefficient (Wildman–Crippen LogP) is 4.61. The first-order valence-electron chi connectivity index (χ1n) is 12.1. The van der Waals surface area contributed by atoms with Crippen LogP contribution in [0.2, 0.25) is 0 Å². The monoisotopic (exact) mass is 491 g/mol. The van der Waals surface area contributed by atoms with E-state index in [1.165, 1.54) is 0 Å². The number of nitrogens with zero attached hydrogens (tertiary/aromatic N) is 7. The highest BCUT2D eigenvalue weighted by Crippen LogP contribution is 2.37. The number of fused-ring (bicyclic) bond motifs is 1. The predicted molar refractivity (Wildman–Crippen MR) is 131 cm³/mol. The number of halogens is 2. The summed E-state index contributed by atoms with van der Waals surface area (Å²) in [5.74, 6) is -0.715. The van der Waals surface area contributed by atoms with Crippen molar-refractivity contribution in [3.05, 3.63) is 66.0 Å². The molecule has 2 aliphatic heterocycles. The Morgan fingerprint density at radius 3 is 2.75 bits per heavy atom. The minimum Gasteiger partial charge on any atom is -0.479 e. The van der Waals surface area contributed by atoms with Gasteiger partial charge in [0.1, 0.15) is 17.2 Å². The van der Waals surface area contributed by atoms with Gasteiger partial charge in [0.15, 0.2) is 5.82 Å². The van der Waals surface area contributed by atoms with Crippen LogP contribution >= 0.6 is 0 Å². The largest absolute Gasteiger partial charge is 0.479 e. The molecule has 0 bridgehead atoms. The highest BCUT2D eigenvalue weighted by molar-refractivity contribution is 5.56. The lowest BCUT2D eigenvalue weighted by Gasteiger charge is -2.24. The Kier molecular flexibility index (Phi) is 5.46. The van der Waals surface area contributed by atoms with Crippen LogP contribution in [0.25, 0.3) is 17.2 Å². The number of anilines is 1. The van der Waals surface area contributed by atoms with Crippen molar-refractivity contribution in [2.75, 3.05) is 25.1 Å². The molecule has 0 unspecified atom stereocenters. The second-order valence-electron chi connectivity index (χ2n) is 9.48. The topological polar surface area (TPSA) is 73.9 Å². The van der Waals surface area contributed by atoms with Gasteiger partial charge in [-0.25, -0.2) is 28.4 Å². The second kappa shape index (κ2) is 8.69. The number of hydrogen-bond acceptors (Lipinski definition) is 6. The molecule has 1 saturated heterocycles. The SMILES string of the molecule is COc1nc(-c2nc3n(n2)CCC[C@H]3c2cccc(N3CCC(F)(F)C3)c2)ccc1-n1cnc(C)c1. The molecule has 0 radical (unpaired) electrons. The Bertz CT molecular complexity index is 1410. The average molecular weight is 492 g/mol. The minimum atomic E-state index is -2.63. The lowest BCUT2D eigenvalue weighted by atomic mass is 9.91. The maximum absolute atomic E-state index is 13.8. The number of methoxy groups -OCH3 is 1. The Labute approximate surface area is 207 Å². The van der Waals surface area contributed by atoms with Gasteiger partial charge in [-0.1, -0.05) is 12.1 Å². The average Bonchev–Trinajstić information content (AvgIpc) is 3.61. The molecule has 3 aromatic heterocycles. The summed E-state index contributed by atoms with van der Waals surface area (Å²) in [5, 5.41) is 4.76. The molecule has 0 spiro atoms. The third-order valence-electron chi connectivity index (χ3n) is 6.93. The molecule has 1 fully saturated rings. The maximum atomic E-state index is 13.8. The number of alkyl halides is 2. The standard InChI is InChI=1S/C26H27F2N7O/c1-17-14-34(16-29-17)22-9-8-21(30-25(22)36-2)23-31-24-20(7-4-11-35(24)32-23)18-5-3-6-19(13-18)33-12-10-26(27,28)15-33/h3,5-6,8-9,13-14,16,20H,4,7,10-12,15H2,1-2H3/t20-/m0/s1. The van der Waals surface area contributed by atoms with E-state index in [0.29, 0.717) is 23.9 Å². The van der Waals surface area contributed by atoms with Gasteiger partial charge in [0.25, 0.3) is 5.92 Å². The molecule has 0 saturated carbocycles. The second-order valence-corrected chi connectivity index (χ2v) is 9.48. The van der Waals surface area contributed by atoms with Crippen molar-refractivity contribution in [1.82, 2.24) is 29.3 Å². The van der Waals surface area contributed by atoms with Gasteiger partial charge in [-0.15, -0.1) is 5.10 Å². The molecule has 0 N–H and O–H groups in total. The summed E-state index contributed by atoms with van der Waals surface area (Å²) in [7, 11) is 1.59. The van der Waals surface area contributed by atoms with Gasteiger partial charge in [-0.3, -0.25) is 0 Å². The van der Waals surface area contributed by atoms with Crippen molar-refractivity contribution in [2.24, 2.45) is 0 Å². The molecular formula is C26H27F2N7O. The summed E-state index contributed by atoms with van der Waals surface area (Å²) >= 11 is 0. The van der Waals surface area contributed by atoms with E-state index in [1.807, 2.05) is 52.7 Å². The van der Waals surface area contributed by atoms with E-state index in [1.54, 1.807) is 18.3 Å². The molecule has 8 nitrogen and oxygen atoms in total. The molecule has 1 aromatic carbocycles. The van der Waals surface area contributed by atoms with Gasteiger partial charge in [0.2, 0.25) is 5.88 Å². The Morgan fingerprint density at radius 1 is 1.11 bits per heavy atom. The molecular weight excluding hydrogens is 464 g/mol. The smallest absolute Gasteiger partial charge is 0.266 e. The van der Waals surface area contributed by atoms with Crippen molar-refractivity contribution in [2.45, 2.75) is 44.6 Å². The van der Waals surface area contributed by atoms with Crippen LogP contribution in [0.4, 0.5) is 14.5 Å². The van der Waals surface area contributed by atoms with Crippen LogP contribution in [0, 0.1) is 6.92 Å². The summed E-state index contributed by atoms with van der Waals surface area (Å²) in [6, 6.07) is 11.7. The van der Waals surface area contributed by atoms with Crippen LogP contribution < -0.4 is 9.64 Å². The zero-order valence-electron chi connectivity index (χ0n) is 20.2. The molecule has 2 aliphatic rings. The first-order chi connectivity index (χ1) is 17.4. The Morgan fingerprint density at radius 2 is 2.00 bits per heavy atom. The van der Waals surface area contributed by atoms with E-state index in [-0.39, 0.29) is 18.9 Å². The van der Waals surface area contributed by atoms with Crippen LogP contribution in [0.5, 0.6) is 5.88 Å². The molecule has 10 heteroatoms. The summed E-state index contributed by atoms with van der Waals surface area (Å²) in [6.07, 6.45) is 5.42. The Balaban J connectivity index is 1.31. The van der Waals surface area contributed by atoms with Crippen molar-refractivity contribution < 1.29 is 13.5 Å². The number of hydrogen-bond donors (Lipinski definition) is 0. The third kappa shape index (κ3) is 4.10. The van der Waals surface area contributed by atoms with Crippen LogP contribution in [0.15, 0.2) is 48.9 Å². The highest BCUT2D eigenvalue weighted by Gasteiger charge is 2.38. The first kappa shape index (κ1) is 22.6. The summed E-state index contributed by atoms with van der Waals surface area (Å²) < 4.78 is 37.0. The summed E-state index contributed by atoms with van der Waals surface area (Å²) in [4.78, 5) is 15.6. The van der Waals surface area contributed by atoms with Gasteiger partial charge in [-0.05, 0) is 49.6 Å². The molecule has 5 heterocycles. The van der Waals surface area contributed by atoms with Gasteiger partial charge < -0.3 is 14.2 Å². The van der Waals surface area contributed by atoms with E-state index in [9.17, 15) is 8.78 Å². The van der Waals surface area contributed by atoms with Crippen LogP contribution in [0.3, 0.4) is 0 Å². The number of ether oxygens (including phenoxy) is 1. The third-order valence-corrected chi connectivity index (χ3v) is 6.93. The molecule has 0 aliphatic carbocycles. The summed E-state index contributed by atoms with van der Waals surface area (Å²) in [5.41, 5.74) is 4.21. The molecule has 0 amide bonds. The maximum Gasteiger partial charge on any atom is 0.266 e. The first-order valence-corrected chi connectivity index (χ1v) is 12.1. The number of rotatable bonds is 5. The molecule has 4 aromatic rings. The normalized spacial score (nSPS) is 18.9. The van der Waals surface area contributed by atoms with Gasteiger partial charge >= 0.3 is 0 Å². The van der Waals surface area contributed by atoms with E-state index in [4.69, 9.17) is 14.8 Å². The number of aromatic nitrogens is 6. The van der Waals surface area contributed by atoms with Crippen LogP contribution in [-0.2, 0) is 6.54 Å². The van der Waals surface area contributed by atoms with Crippen LogP contribution in [0.1, 0.15) is 42.3 Å². The fourth-order valence-electron chi connectivity index (χ4n) is 5.13. The van der Waals surface area contributed by atoms with Crippen molar-refractivity contribution in [3.63, 3.8) is 0 Å². The number of benzene rings is 1. The van der Waals surface area contributed by atoms with E-state index >= 15 is 0 Å².